The van der Waals surface area contributed by atoms with E-state index < -0.39 is 29.7 Å². The molecule has 1 aliphatic rings. The van der Waals surface area contributed by atoms with Gasteiger partial charge in [0, 0.05) is 24.2 Å². The molecule has 10 heteroatoms. The minimum Gasteiger partial charge on any atom is -0.495 e. The summed E-state index contributed by atoms with van der Waals surface area (Å²) in [6.45, 7) is 0.223. The number of imidazole rings is 1. The van der Waals surface area contributed by atoms with Crippen LogP contribution in [0.5, 0.6) is 5.75 Å². The standard InChI is InChI=1S/C22H20F2N4O4/c1-31-17-7-6-12(21(29)32-2)10-16(17)27-22(30)28-9-8-15-19(26-11-25-15)20(28)13-4-3-5-14(23)18(13)24/h3-7,10-11,20H,8-9H2,1-2H3,(H,25,26)(H,27,30). The number of aromatic nitrogens is 2. The molecule has 2 amide bonds. The van der Waals surface area contributed by atoms with Crippen molar-refractivity contribution in [2.45, 2.75) is 12.5 Å². The number of hydrogen-bond donors (Lipinski definition) is 2. The first-order valence-electron chi connectivity index (χ1n) is 9.74. The molecule has 0 spiro atoms. The third kappa shape index (κ3) is 3.75. The largest absolute Gasteiger partial charge is 0.495 e. The zero-order valence-electron chi connectivity index (χ0n) is 17.3. The van der Waals surface area contributed by atoms with Gasteiger partial charge in [-0.25, -0.2) is 23.4 Å². The second kappa shape index (κ2) is 8.66. The first-order valence-corrected chi connectivity index (χ1v) is 9.74. The van der Waals surface area contributed by atoms with Crippen LogP contribution in [0, 0.1) is 11.6 Å². The maximum absolute atomic E-state index is 14.7. The highest BCUT2D eigenvalue weighted by atomic mass is 19.2. The molecular formula is C22H20F2N4O4. The maximum atomic E-state index is 14.7. The number of fused-ring (bicyclic) bond motifs is 1. The van der Waals surface area contributed by atoms with Gasteiger partial charge in [0.25, 0.3) is 0 Å². The quantitative estimate of drug-likeness (QED) is 0.601. The van der Waals surface area contributed by atoms with Gasteiger partial charge in [-0.15, -0.1) is 0 Å². The van der Waals surface area contributed by atoms with E-state index in [9.17, 15) is 18.4 Å². The van der Waals surface area contributed by atoms with Crippen LogP contribution in [0.2, 0.25) is 0 Å². The number of esters is 1. The Morgan fingerprint density at radius 1 is 1.22 bits per heavy atom. The number of urea groups is 1. The molecular weight excluding hydrogens is 422 g/mol. The van der Waals surface area contributed by atoms with Crippen LogP contribution in [0.15, 0.2) is 42.7 Å². The van der Waals surface area contributed by atoms with Gasteiger partial charge in [0.1, 0.15) is 11.8 Å². The predicted octanol–water partition coefficient (Wildman–Crippen LogP) is 3.66. The Kier molecular flexibility index (Phi) is 5.76. The average Bonchev–Trinajstić information content (AvgIpc) is 3.28. The Morgan fingerprint density at radius 3 is 2.78 bits per heavy atom. The number of methoxy groups -OCH3 is 2. The predicted molar refractivity (Wildman–Crippen MR) is 111 cm³/mol. The van der Waals surface area contributed by atoms with E-state index in [-0.39, 0.29) is 23.4 Å². The molecule has 1 atom stereocenters. The van der Waals surface area contributed by atoms with Gasteiger partial charge in [-0.05, 0) is 24.3 Å². The monoisotopic (exact) mass is 442 g/mol. The van der Waals surface area contributed by atoms with Crippen molar-refractivity contribution < 1.29 is 27.8 Å². The van der Waals surface area contributed by atoms with Gasteiger partial charge in [0.2, 0.25) is 0 Å². The lowest BCUT2D eigenvalue weighted by Crippen LogP contribution is -2.43. The fourth-order valence-electron chi connectivity index (χ4n) is 3.78. The van der Waals surface area contributed by atoms with Crippen molar-refractivity contribution >= 4 is 17.7 Å². The zero-order chi connectivity index (χ0) is 22.8. The van der Waals surface area contributed by atoms with Crippen molar-refractivity contribution in [3.63, 3.8) is 0 Å². The topological polar surface area (TPSA) is 96.5 Å². The molecule has 1 aliphatic heterocycles. The Labute approximate surface area is 182 Å². The zero-order valence-corrected chi connectivity index (χ0v) is 17.3. The van der Waals surface area contributed by atoms with Gasteiger partial charge in [0.05, 0.1) is 37.5 Å². The van der Waals surface area contributed by atoms with E-state index in [0.717, 1.165) is 11.8 Å². The van der Waals surface area contributed by atoms with E-state index in [1.54, 1.807) is 0 Å². The van der Waals surface area contributed by atoms with Crippen molar-refractivity contribution in [2.75, 3.05) is 26.1 Å². The number of carbonyl (C=O) groups is 2. The summed E-state index contributed by atoms with van der Waals surface area (Å²) in [5.41, 5.74) is 1.61. The van der Waals surface area contributed by atoms with Gasteiger partial charge in [-0.1, -0.05) is 12.1 Å². The Bertz CT molecular complexity index is 1180. The minimum absolute atomic E-state index is 0.0107. The smallest absolute Gasteiger partial charge is 0.337 e. The minimum atomic E-state index is -1.04. The van der Waals surface area contributed by atoms with Crippen LogP contribution < -0.4 is 10.1 Å². The molecule has 1 aromatic heterocycles. The molecule has 8 nitrogen and oxygen atoms in total. The van der Waals surface area contributed by atoms with Crippen molar-refractivity contribution in [1.29, 1.82) is 0 Å². The second-order valence-corrected chi connectivity index (χ2v) is 7.09. The first kappa shape index (κ1) is 21.3. The summed E-state index contributed by atoms with van der Waals surface area (Å²) in [7, 11) is 2.67. The molecule has 2 N–H and O–H groups in total. The van der Waals surface area contributed by atoms with Gasteiger partial charge in [-0.3, -0.25) is 0 Å². The fraction of sp³-hybridized carbons (Fsp3) is 0.227. The maximum Gasteiger partial charge on any atom is 0.337 e. The lowest BCUT2D eigenvalue weighted by Gasteiger charge is -2.35. The summed E-state index contributed by atoms with van der Waals surface area (Å²) < 4.78 is 38.7. The third-order valence-electron chi connectivity index (χ3n) is 5.32. The lowest BCUT2D eigenvalue weighted by atomic mass is 9.95. The molecule has 0 fully saturated rings. The molecule has 32 heavy (non-hydrogen) atoms. The molecule has 0 radical (unpaired) electrons. The number of amides is 2. The number of rotatable bonds is 4. The highest BCUT2D eigenvalue weighted by Gasteiger charge is 2.36. The molecule has 0 aliphatic carbocycles. The molecule has 2 heterocycles. The van der Waals surface area contributed by atoms with Crippen molar-refractivity contribution in [1.82, 2.24) is 14.9 Å². The lowest BCUT2D eigenvalue weighted by molar-refractivity contribution is 0.0600. The number of aromatic amines is 1. The van der Waals surface area contributed by atoms with Gasteiger partial charge in [0.15, 0.2) is 11.6 Å². The van der Waals surface area contributed by atoms with E-state index in [0.29, 0.717) is 17.9 Å². The van der Waals surface area contributed by atoms with Gasteiger partial charge >= 0.3 is 12.0 Å². The van der Waals surface area contributed by atoms with Crippen LogP contribution >= 0.6 is 0 Å². The van der Waals surface area contributed by atoms with Gasteiger partial charge in [-0.2, -0.15) is 0 Å². The normalized spacial score (nSPS) is 15.1. The molecule has 2 aromatic carbocycles. The molecule has 4 rings (SSSR count). The van der Waals surface area contributed by atoms with Crippen LogP contribution in [0.4, 0.5) is 19.3 Å². The molecule has 1 unspecified atom stereocenters. The third-order valence-corrected chi connectivity index (χ3v) is 5.32. The van der Waals surface area contributed by atoms with E-state index >= 15 is 0 Å². The SMILES string of the molecule is COC(=O)c1ccc(OC)c(NC(=O)N2CCc3[nH]cnc3C2c2cccc(F)c2F)c1. The summed E-state index contributed by atoms with van der Waals surface area (Å²) in [4.78, 5) is 33.8. The number of benzene rings is 2. The van der Waals surface area contributed by atoms with Crippen LogP contribution in [0.25, 0.3) is 0 Å². The number of ether oxygens (including phenoxy) is 2. The molecule has 3 aromatic rings. The van der Waals surface area contributed by atoms with Crippen molar-refractivity contribution in [2.24, 2.45) is 0 Å². The number of anilines is 1. The van der Waals surface area contributed by atoms with E-state index in [1.165, 1.54) is 55.8 Å². The molecule has 0 saturated heterocycles. The van der Waals surface area contributed by atoms with Crippen LogP contribution in [0.3, 0.4) is 0 Å². The van der Waals surface area contributed by atoms with Crippen LogP contribution in [-0.2, 0) is 11.2 Å². The second-order valence-electron chi connectivity index (χ2n) is 7.09. The molecule has 166 valence electrons. The van der Waals surface area contributed by atoms with Crippen LogP contribution in [-0.4, -0.2) is 47.6 Å². The summed E-state index contributed by atoms with van der Waals surface area (Å²) in [5, 5.41) is 2.71. The highest BCUT2D eigenvalue weighted by molar-refractivity contribution is 5.95. The summed E-state index contributed by atoms with van der Waals surface area (Å²) in [6, 6.07) is 6.73. The number of hydrogen-bond acceptors (Lipinski definition) is 5. The van der Waals surface area contributed by atoms with E-state index in [4.69, 9.17) is 9.47 Å². The number of carbonyl (C=O) groups excluding carboxylic acids is 2. The van der Waals surface area contributed by atoms with Gasteiger partial charge < -0.3 is 24.7 Å². The Hall–Kier alpha value is -3.95. The first-order chi connectivity index (χ1) is 15.4. The molecule has 0 saturated carbocycles. The Balaban J connectivity index is 1.71. The van der Waals surface area contributed by atoms with Crippen molar-refractivity contribution in [3.05, 3.63) is 76.9 Å². The van der Waals surface area contributed by atoms with Crippen LogP contribution in [0.1, 0.15) is 33.4 Å². The number of H-pyrrole nitrogens is 1. The van der Waals surface area contributed by atoms with Crippen molar-refractivity contribution in [3.8, 4) is 5.75 Å². The highest BCUT2D eigenvalue weighted by Crippen LogP contribution is 2.36. The fourth-order valence-corrected chi connectivity index (χ4v) is 3.78. The van der Waals surface area contributed by atoms with E-state index in [1.807, 2.05) is 0 Å². The number of nitrogens with one attached hydrogen (secondary N) is 2. The summed E-state index contributed by atoms with van der Waals surface area (Å²) >= 11 is 0. The average molecular weight is 442 g/mol. The number of nitrogens with zero attached hydrogens (tertiary/aromatic N) is 2. The summed E-state index contributed by atoms with van der Waals surface area (Å²) in [6.07, 6.45) is 1.91. The summed E-state index contributed by atoms with van der Waals surface area (Å²) in [5.74, 6) is -2.33. The Morgan fingerprint density at radius 2 is 2.03 bits per heavy atom. The molecule has 0 bridgehead atoms. The van der Waals surface area contributed by atoms with E-state index in [2.05, 4.69) is 15.3 Å². The number of halogens is 2.